The molecular weight excluding hydrogens is 308 g/mol. The molecule has 3 N–H and O–H groups in total. The molecule has 2 rings (SSSR count). The zero-order valence-corrected chi connectivity index (χ0v) is 10.2. The van der Waals surface area contributed by atoms with E-state index < -0.39 is 5.82 Å². The number of aryl methyl sites for hydroxylation is 1. The number of nitrogens with two attached hydrogens (primary N) is 1. The Hall–Kier alpha value is -1.11. The molecule has 0 aliphatic heterocycles. The molecule has 2 aromatic rings. The third-order valence-electron chi connectivity index (χ3n) is 2.19. The van der Waals surface area contributed by atoms with Crippen LogP contribution in [-0.4, -0.2) is 10.2 Å². The lowest BCUT2D eigenvalue weighted by Crippen LogP contribution is -1.90. The van der Waals surface area contributed by atoms with Crippen molar-refractivity contribution in [1.82, 2.24) is 10.2 Å². The summed E-state index contributed by atoms with van der Waals surface area (Å²) in [6, 6.07) is 5.69. The van der Waals surface area contributed by atoms with Gasteiger partial charge in [-0.25, -0.2) is 4.39 Å². The Bertz CT molecular complexity index is 507. The highest BCUT2D eigenvalue weighted by Crippen LogP contribution is 2.29. The summed E-state index contributed by atoms with van der Waals surface area (Å²) in [5.74, 6) is -0.583. The number of nitrogens with one attached hydrogen (secondary N) is 1. The summed E-state index contributed by atoms with van der Waals surface area (Å²) < 4.78 is 14.5. The molecule has 78 valence electrons. The van der Waals surface area contributed by atoms with E-state index in [1.165, 1.54) is 0 Å². The van der Waals surface area contributed by atoms with Crippen molar-refractivity contribution in [3.63, 3.8) is 0 Å². The van der Waals surface area contributed by atoms with Gasteiger partial charge in [0.2, 0.25) is 0 Å². The maximum atomic E-state index is 13.5. The molecule has 1 heterocycles. The summed E-state index contributed by atoms with van der Waals surface area (Å²) in [5, 5.41) is 6.24. The van der Waals surface area contributed by atoms with Crippen LogP contribution in [0.25, 0.3) is 11.3 Å². The van der Waals surface area contributed by atoms with Gasteiger partial charge in [-0.3, -0.25) is 5.10 Å². The van der Waals surface area contributed by atoms with E-state index in [1.807, 2.05) is 25.1 Å². The Labute approximate surface area is 100 Å². The van der Waals surface area contributed by atoms with Crippen LogP contribution in [0.2, 0.25) is 0 Å². The van der Waals surface area contributed by atoms with Crippen molar-refractivity contribution < 1.29 is 4.39 Å². The van der Waals surface area contributed by atoms with E-state index in [1.54, 1.807) is 0 Å². The van der Waals surface area contributed by atoms with Crippen molar-refractivity contribution in [2.24, 2.45) is 0 Å². The molecule has 0 saturated carbocycles. The molecule has 1 aromatic carbocycles. The number of benzene rings is 1. The van der Waals surface area contributed by atoms with Crippen LogP contribution in [0.1, 0.15) is 5.56 Å². The third-order valence-corrected chi connectivity index (χ3v) is 3.63. The zero-order chi connectivity index (χ0) is 11.0. The molecule has 0 radical (unpaired) electrons. The van der Waals surface area contributed by atoms with E-state index in [4.69, 9.17) is 5.73 Å². The fourth-order valence-corrected chi connectivity index (χ4v) is 1.99. The Kier molecular flexibility index (Phi) is 2.64. The normalized spacial score (nSPS) is 10.6. The van der Waals surface area contributed by atoms with E-state index in [9.17, 15) is 4.39 Å². The molecule has 5 heteroatoms. The van der Waals surface area contributed by atoms with Gasteiger partial charge in [0.25, 0.3) is 0 Å². The molecule has 0 spiro atoms. The third kappa shape index (κ3) is 1.71. The number of H-pyrrole nitrogens is 1. The van der Waals surface area contributed by atoms with Crippen LogP contribution in [0.5, 0.6) is 0 Å². The highest BCUT2D eigenvalue weighted by molar-refractivity contribution is 14.1. The summed E-state index contributed by atoms with van der Waals surface area (Å²) in [6.45, 7) is 1.98. The van der Waals surface area contributed by atoms with Gasteiger partial charge in [-0.1, -0.05) is 18.2 Å². The minimum atomic E-state index is -0.487. The van der Waals surface area contributed by atoms with Crippen LogP contribution in [0.4, 0.5) is 10.2 Å². The van der Waals surface area contributed by atoms with E-state index in [2.05, 4.69) is 32.8 Å². The molecule has 0 fully saturated rings. The minimum Gasteiger partial charge on any atom is -0.380 e. The maximum absolute atomic E-state index is 13.5. The van der Waals surface area contributed by atoms with Gasteiger partial charge >= 0.3 is 0 Å². The Balaban J connectivity index is 2.64. The van der Waals surface area contributed by atoms with Crippen LogP contribution in [0.15, 0.2) is 18.2 Å². The van der Waals surface area contributed by atoms with Crippen LogP contribution in [0, 0.1) is 16.3 Å². The van der Waals surface area contributed by atoms with Crippen LogP contribution < -0.4 is 5.73 Å². The van der Waals surface area contributed by atoms with E-state index in [0.29, 0.717) is 5.69 Å². The van der Waals surface area contributed by atoms with E-state index in [-0.39, 0.29) is 5.82 Å². The second kappa shape index (κ2) is 3.80. The molecule has 15 heavy (non-hydrogen) atoms. The number of hydrogen-bond donors (Lipinski definition) is 2. The molecule has 0 unspecified atom stereocenters. The predicted octanol–water partition coefficient (Wildman–Crippen LogP) is 2.71. The zero-order valence-electron chi connectivity index (χ0n) is 8.01. The molecule has 1 aromatic heterocycles. The number of rotatable bonds is 1. The first kappa shape index (κ1) is 10.4. The number of nitrogens with zero attached hydrogens (tertiary/aromatic N) is 1. The lowest BCUT2D eigenvalue weighted by Gasteiger charge is -2.04. The standard InChI is InChI=1S/C10H9FIN3/c1-5-3-2-4-6(8(5)12)9-7(11)10(13)15-14-9/h2-4H,1H3,(H3,13,14,15). The number of anilines is 1. The lowest BCUT2D eigenvalue weighted by molar-refractivity contribution is 0.636. The first-order chi connectivity index (χ1) is 7.11. The second-order valence-corrected chi connectivity index (χ2v) is 4.31. The minimum absolute atomic E-state index is 0.0951. The van der Waals surface area contributed by atoms with Crippen molar-refractivity contribution >= 4 is 28.4 Å². The molecule has 0 atom stereocenters. The lowest BCUT2D eigenvalue weighted by atomic mass is 10.1. The summed E-state index contributed by atoms with van der Waals surface area (Å²) in [6.07, 6.45) is 0. The van der Waals surface area contributed by atoms with Gasteiger partial charge in [0.15, 0.2) is 11.6 Å². The van der Waals surface area contributed by atoms with Gasteiger partial charge < -0.3 is 5.73 Å². The topological polar surface area (TPSA) is 54.7 Å². The van der Waals surface area contributed by atoms with Crippen molar-refractivity contribution in [3.8, 4) is 11.3 Å². The fourth-order valence-electron chi connectivity index (χ4n) is 1.36. The van der Waals surface area contributed by atoms with Crippen molar-refractivity contribution in [2.75, 3.05) is 5.73 Å². The smallest absolute Gasteiger partial charge is 0.192 e. The van der Waals surface area contributed by atoms with Crippen LogP contribution in [-0.2, 0) is 0 Å². The van der Waals surface area contributed by atoms with Gasteiger partial charge in [0, 0.05) is 9.13 Å². The van der Waals surface area contributed by atoms with Crippen LogP contribution >= 0.6 is 22.6 Å². The average molecular weight is 317 g/mol. The highest BCUT2D eigenvalue weighted by atomic mass is 127. The summed E-state index contributed by atoms with van der Waals surface area (Å²) in [7, 11) is 0. The van der Waals surface area contributed by atoms with Crippen molar-refractivity contribution in [3.05, 3.63) is 33.1 Å². The van der Waals surface area contributed by atoms with Gasteiger partial charge in [0.1, 0.15) is 5.69 Å². The van der Waals surface area contributed by atoms with E-state index in [0.717, 1.165) is 14.7 Å². The van der Waals surface area contributed by atoms with Crippen LogP contribution in [0.3, 0.4) is 0 Å². The average Bonchev–Trinajstić information content (AvgIpc) is 2.53. The molecule has 0 saturated heterocycles. The SMILES string of the molecule is Cc1cccc(-c2[nH]nc(N)c2F)c1I. The molecule has 0 bridgehead atoms. The van der Waals surface area contributed by atoms with Gasteiger partial charge in [-0.15, -0.1) is 0 Å². The number of nitrogen functional groups attached to an aromatic ring is 1. The van der Waals surface area contributed by atoms with Gasteiger partial charge in [-0.05, 0) is 35.1 Å². The predicted molar refractivity (Wildman–Crippen MR) is 65.8 cm³/mol. The second-order valence-electron chi connectivity index (χ2n) is 3.23. The fraction of sp³-hybridized carbons (Fsp3) is 0.100. The number of aromatic nitrogens is 2. The van der Waals surface area contributed by atoms with Crippen molar-refractivity contribution in [1.29, 1.82) is 0 Å². The quantitative estimate of drug-likeness (QED) is 0.795. The number of aromatic amines is 1. The highest BCUT2D eigenvalue weighted by Gasteiger charge is 2.14. The molecule has 0 aliphatic carbocycles. The van der Waals surface area contributed by atoms with Gasteiger partial charge in [0.05, 0.1) is 0 Å². The molecule has 3 nitrogen and oxygen atoms in total. The Morgan fingerprint density at radius 2 is 2.20 bits per heavy atom. The number of halogens is 2. The summed E-state index contributed by atoms with van der Waals surface area (Å²) in [5.41, 5.74) is 7.58. The number of hydrogen-bond acceptors (Lipinski definition) is 2. The molecule has 0 amide bonds. The first-order valence-electron chi connectivity index (χ1n) is 4.36. The Morgan fingerprint density at radius 3 is 2.80 bits per heavy atom. The molecule has 0 aliphatic rings. The first-order valence-corrected chi connectivity index (χ1v) is 5.44. The summed E-state index contributed by atoms with van der Waals surface area (Å²) >= 11 is 2.18. The Morgan fingerprint density at radius 1 is 1.47 bits per heavy atom. The van der Waals surface area contributed by atoms with Gasteiger partial charge in [-0.2, -0.15) is 5.10 Å². The van der Waals surface area contributed by atoms with Crippen molar-refractivity contribution in [2.45, 2.75) is 6.92 Å². The summed E-state index contributed by atoms with van der Waals surface area (Å²) in [4.78, 5) is 0. The largest absolute Gasteiger partial charge is 0.380 e. The maximum Gasteiger partial charge on any atom is 0.192 e. The monoisotopic (exact) mass is 317 g/mol. The van der Waals surface area contributed by atoms with E-state index >= 15 is 0 Å². The molecular formula is C10H9FIN3.